The number of carbonyl (C=O) groups excluding carboxylic acids is 1. The lowest BCUT2D eigenvalue weighted by molar-refractivity contribution is -0.274. The van der Waals surface area contributed by atoms with Crippen molar-refractivity contribution in [2.24, 2.45) is 0 Å². The fourth-order valence-electron chi connectivity index (χ4n) is 10.4. The molecule has 0 saturated carbocycles. The zero-order valence-electron chi connectivity index (χ0n) is 46.4. The van der Waals surface area contributed by atoms with Gasteiger partial charge in [0.1, 0.15) is 47.0 Å². The van der Waals surface area contributed by atoms with Crippen molar-refractivity contribution in [3.8, 4) is 23.3 Å². The van der Waals surface area contributed by atoms with Gasteiger partial charge in [0.25, 0.3) is 20.0 Å². The molecule has 0 spiro atoms. The molecule has 9 rings (SSSR count). The number of aromatic nitrogens is 4. The van der Waals surface area contributed by atoms with Crippen LogP contribution in [0.3, 0.4) is 0 Å². The number of imidazole rings is 1. The molecule has 0 radical (unpaired) electrons. The Hall–Kier alpha value is -7.31. The maximum absolute atomic E-state index is 15.3. The summed E-state index contributed by atoms with van der Waals surface area (Å²) in [5, 5.41) is 12.4. The fraction of sp³-hybridized carbons (Fsp3) is 0.383. The number of piperidine rings is 1. The maximum Gasteiger partial charge on any atom is 0.280 e. The van der Waals surface area contributed by atoms with Gasteiger partial charge in [0.15, 0.2) is 29.8 Å². The summed E-state index contributed by atoms with van der Waals surface area (Å²) in [6.45, 7) is 8.41. The van der Waals surface area contributed by atoms with Gasteiger partial charge in [-0.2, -0.15) is 10.2 Å². The Balaban J connectivity index is 1.19. The molecule has 7 aromatic rings. The quantitative estimate of drug-likeness (QED) is 0.0236. The lowest BCUT2D eigenvalue weighted by Crippen LogP contribution is -2.52. The van der Waals surface area contributed by atoms with E-state index >= 15 is 4.39 Å². The third-order valence-corrected chi connectivity index (χ3v) is 16.4. The summed E-state index contributed by atoms with van der Waals surface area (Å²) in [7, 11) is 2.78. The molecule has 81 heavy (non-hydrogen) atoms. The van der Waals surface area contributed by atoms with E-state index in [0.29, 0.717) is 36.0 Å². The van der Waals surface area contributed by atoms with Crippen molar-refractivity contribution in [3.63, 3.8) is 0 Å². The molecule has 2 aromatic heterocycles. The second kappa shape index (κ2) is 26.5. The normalized spacial score (nSPS) is 18.5. The number of nitrogens with one attached hydrogen (secondary N) is 2. The number of anilines is 2. The monoisotopic (exact) mass is 1130 g/mol. The Morgan fingerprint density at radius 1 is 0.852 bits per heavy atom. The minimum Gasteiger partial charge on any atom is -0.497 e. The average Bonchev–Trinajstić information content (AvgIpc) is 4.12. The SMILES string of the molecule is COc1ccc(C(OC[C@H]2O[C@@H](n3cnc4c(=O)[nH]c(NC(=O)COc5ccccc5)nc43)[C@H](OC3(OC)CCN(c4ccccc4F)CC3)[C@@H]2OP(OCCC#N)N(C(C)C)C(C)C)(c2ccccc2)c2ccc(OC)cc2)cc1. The molecule has 4 heterocycles. The Morgan fingerprint density at radius 3 is 2.05 bits per heavy atom. The highest BCUT2D eigenvalue weighted by Gasteiger charge is 2.55. The summed E-state index contributed by atoms with van der Waals surface area (Å²) < 4.78 is 78.9. The van der Waals surface area contributed by atoms with Crippen LogP contribution in [0, 0.1) is 17.1 Å². The molecule has 2 aliphatic heterocycles. The van der Waals surface area contributed by atoms with Gasteiger partial charge in [0.05, 0.1) is 51.9 Å². The molecule has 2 N–H and O–H groups in total. The van der Waals surface area contributed by atoms with E-state index in [1.165, 1.54) is 12.4 Å². The van der Waals surface area contributed by atoms with Gasteiger partial charge in [-0.25, -0.2) is 14.0 Å². The average molecular weight is 1130 g/mol. The van der Waals surface area contributed by atoms with Crippen LogP contribution >= 0.6 is 8.53 Å². The highest BCUT2D eigenvalue weighted by Crippen LogP contribution is 2.53. The van der Waals surface area contributed by atoms with Crippen LogP contribution in [0.15, 0.2) is 145 Å². The number of carbonyl (C=O) groups is 1. The number of para-hydroxylation sites is 2. The van der Waals surface area contributed by atoms with E-state index in [4.69, 9.17) is 47.2 Å². The van der Waals surface area contributed by atoms with Gasteiger partial charge in [-0.15, -0.1) is 0 Å². The Bertz CT molecular complexity index is 3210. The number of aromatic amines is 1. The number of H-pyrrole nitrogens is 1. The van der Waals surface area contributed by atoms with Crippen LogP contribution in [-0.2, 0) is 38.4 Å². The fourth-order valence-corrected chi connectivity index (χ4v) is 12.2. The predicted molar refractivity (Wildman–Crippen MR) is 303 cm³/mol. The number of nitrogens with zero attached hydrogens (tertiary/aromatic N) is 6. The minimum atomic E-state index is -2.00. The number of benzene rings is 5. The number of rotatable bonds is 25. The number of amides is 1. The Morgan fingerprint density at radius 2 is 1.46 bits per heavy atom. The van der Waals surface area contributed by atoms with Crippen LogP contribution in [-0.4, -0.2) is 121 Å². The third kappa shape index (κ3) is 13.1. The molecule has 19 nitrogen and oxygen atoms in total. The molecule has 1 amide bonds. The maximum atomic E-state index is 15.3. The highest BCUT2D eigenvalue weighted by molar-refractivity contribution is 7.44. The zero-order chi connectivity index (χ0) is 57.1. The van der Waals surface area contributed by atoms with E-state index in [0.717, 1.165) is 16.7 Å². The smallest absolute Gasteiger partial charge is 0.280 e. The van der Waals surface area contributed by atoms with Crippen LogP contribution < -0.4 is 30.0 Å². The van der Waals surface area contributed by atoms with Crippen molar-refractivity contribution >= 4 is 37.2 Å². The Labute approximate surface area is 471 Å². The van der Waals surface area contributed by atoms with E-state index in [1.54, 1.807) is 68.4 Å². The van der Waals surface area contributed by atoms with Gasteiger partial charge >= 0.3 is 0 Å². The molecule has 0 aliphatic carbocycles. The molecule has 2 fully saturated rings. The number of hydrogen-bond donors (Lipinski definition) is 2. The number of methoxy groups -OCH3 is 3. The van der Waals surface area contributed by atoms with Gasteiger partial charge in [-0.1, -0.05) is 84.9 Å². The largest absolute Gasteiger partial charge is 0.497 e. The van der Waals surface area contributed by atoms with Crippen molar-refractivity contribution in [1.29, 1.82) is 5.26 Å². The molecular weight excluding hydrogens is 1060 g/mol. The van der Waals surface area contributed by atoms with Crippen molar-refractivity contribution in [2.75, 3.05) is 64.5 Å². The van der Waals surface area contributed by atoms with E-state index in [9.17, 15) is 14.9 Å². The first-order valence-corrected chi connectivity index (χ1v) is 28.0. The number of hydrogen-bond acceptors (Lipinski definition) is 16. The Kier molecular flexibility index (Phi) is 19.1. The van der Waals surface area contributed by atoms with Crippen molar-refractivity contribution in [1.82, 2.24) is 24.2 Å². The molecule has 426 valence electrons. The standard InChI is InChI=1S/C60H68FN8O11P/c1-40(2)69(41(3)4)81(77-36-16-33-62)80-53-50(37-76-60(42-17-10-8-11-18-42,43-23-27-45(72-5)28-24-43)44-25-29-46(73-6)30-26-44)78-57(54(53)79-59(74-7)31-34-67(35-32-59)49-22-15-14-21-48(49)61)68-39-63-52-55(68)65-58(66-56(52)71)64-51(70)38-75-47-19-12-9-13-20-47/h8-15,17-30,39-41,50,53-54,57H,16,31-32,34-38H2,1-7H3,(H2,64,65,66,70,71)/t50-,53-,54-,57-,81?/m1/s1. The van der Waals surface area contributed by atoms with Crippen LogP contribution in [0.5, 0.6) is 17.2 Å². The summed E-state index contributed by atoms with van der Waals surface area (Å²) in [4.78, 5) is 41.3. The predicted octanol–water partition coefficient (Wildman–Crippen LogP) is 9.89. The van der Waals surface area contributed by atoms with E-state index in [-0.39, 0.29) is 74.1 Å². The summed E-state index contributed by atoms with van der Waals surface area (Å²) >= 11 is 0. The van der Waals surface area contributed by atoms with E-state index < -0.39 is 55.9 Å². The molecule has 2 saturated heterocycles. The number of nitriles is 1. The molecule has 2 aliphatic rings. The first-order chi connectivity index (χ1) is 39.3. The van der Waals surface area contributed by atoms with Crippen LogP contribution in [0.4, 0.5) is 16.0 Å². The van der Waals surface area contributed by atoms with Crippen LogP contribution in [0.2, 0.25) is 0 Å². The van der Waals surface area contributed by atoms with Crippen LogP contribution in [0.1, 0.15) is 69.9 Å². The van der Waals surface area contributed by atoms with Gasteiger partial charge < -0.3 is 47.1 Å². The molecule has 5 atom stereocenters. The first kappa shape index (κ1) is 58.3. The van der Waals surface area contributed by atoms with Crippen LogP contribution in [0.25, 0.3) is 11.2 Å². The highest BCUT2D eigenvalue weighted by atomic mass is 31.2. The van der Waals surface area contributed by atoms with E-state index in [1.807, 2.05) is 118 Å². The summed E-state index contributed by atoms with van der Waals surface area (Å²) in [6.07, 6.45) is -2.34. The van der Waals surface area contributed by atoms with Crippen molar-refractivity contribution < 1.29 is 51.4 Å². The lowest BCUT2D eigenvalue weighted by Gasteiger charge is -2.44. The van der Waals surface area contributed by atoms with Gasteiger partial charge in [0.2, 0.25) is 5.95 Å². The zero-order valence-corrected chi connectivity index (χ0v) is 47.3. The van der Waals surface area contributed by atoms with Crippen molar-refractivity contribution in [2.45, 2.75) is 95.0 Å². The molecular formula is C60H68FN8O11P. The van der Waals surface area contributed by atoms with Gasteiger partial charge in [0, 0.05) is 45.1 Å². The molecule has 1 unspecified atom stereocenters. The van der Waals surface area contributed by atoms with Crippen molar-refractivity contribution in [3.05, 3.63) is 173 Å². The second-order valence-electron chi connectivity index (χ2n) is 20.0. The topological polar surface area (TPSA) is 206 Å². The minimum absolute atomic E-state index is 0.0476. The summed E-state index contributed by atoms with van der Waals surface area (Å²) in [5.41, 5.74) is 0.812. The number of fused-ring (bicyclic) bond motifs is 1. The summed E-state index contributed by atoms with van der Waals surface area (Å²) in [5.74, 6) is -0.648. The number of ether oxygens (including phenoxy) is 7. The molecule has 21 heteroatoms. The third-order valence-electron chi connectivity index (χ3n) is 14.3. The second-order valence-corrected chi connectivity index (χ2v) is 21.4. The van der Waals surface area contributed by atoms with Gasteiger partial charge in [-0.3, -0.25) is 24.5 Å². The first-order valence-electron chi connectivity index (χ1n) is 26.9. The summed E-state index contributed by atoms with van der Waals surface area (Å²) in [6, 6.07) is 42.6. The van der Waals surface area contributed by atoms with Gasteiger partial charge in [-0.05, 0) is 92.9 Å². The molecule has 5 aromatic carbocycles. The van der Waals surface area contributed by atoms with E-state index in [2.05, 4.69) is 26.0 Å². The number of halogens is 1. The lowest BCUT2D eigenvalue weighted by atomic mass is 9.80. The molecule has 0 bridgehead atoms.